The van der Waals surface area contributed by atoms with E-state index in [9.17, 15) is 0 Å². The molecule has 0 atom stereocenters. The quantitative estimate of drug-likeness (QED) is 0.736. The van der Waals surface area contributed by atoms with Gasteiger partial charge in [-0.1, -0.05) is 58.0 Å². The summed E-state index contributed by atoms with van der Waals surface area (Å²) < 4.78 is -1.60. The van der Waals surface area contributed by atoms with Crippen LogP contribution in [0.15, 0.2) is 30.5 Å². The minimum atomic E-state index is -1.60. The summed E-state index contributed by atoms with van der Waals surface area (Å²) in [4.78, 5) is 8.12. The number of anilines is 2. The molecule has 0 fully saturated rings. The summed E-state index contributed by atoms with van der Waals surface area (Å²) >= 11 is 29.0. The Morgan fingerprint density at radius 1 is 1.00 bits per heavy atom. The summed E-state index contributed by atoms with van der Waals surface area (Å²) in [5.41, 5.74) is 0.950. The molecule has 0 saturated heterocycles. The van der Waals surface area contributed by atoms with Crippen LogP contribution in [0.2, 0.25) is 10.0 Å². The molecule has 1 aromatic carbocycles. The van der Waals surface area contributed by atoms with Crippen LogP contribution in [0, 0.1) is 0 Å². The van der Waals surface area contributed by atoms with Crippen LogP contribution >= 0.6 is 58.0 Å². The van der Waals surface area contributed by atoms with Crippen LogP contribution in [-0.2, 0) is 3.79 Å². The SMILES string of the molecule is Clc1ccc(Nc2nccc(C(Cl)(Cl)Cl)n2)cc1Cl. The summed E-state index contributed by atoms with van der Waals surface area (Å²) in [6, 6.07) is 6.56. The summed E-state index contributed by atoms with van der Waals surface area (Å²) in [6.45, 7) is 0. The predicted octanol–water partition coefficient (Wildman–Crippen LogP) is 5.35. The van der Waals surface area contributed by atoms with Crippen molar-refractivity contribution in [2.24, 2.45) is 0 Å². The van der Waals surface area contributed by atoms with Crippen molar-refractivity contribution in [3.05, 3.63) is 46.2 Å². The minimum absolute atomic E-state index is 0.273. The molecule has 1 N–H and O–H groups in total. The average Bonchev–Trinajstić information content (AvgIpc) is 2.33. The van der Waals surface area contributed by atoms with Gasteiger partial charge in [0.2, 0.25) is 9.74 Å². The third-order valence-corrected chi connectivity index (χ3v) is 3.44. The van der Waals surface area contributed by atoms with Crippen LogP contribution in [0.1, 0.15) is 5.69 Å². The van der Waals surface area contributed by atoms with Gasteiger partial charge in [0.05, 0.1) is 15.7 Å². The van der Waals surface area contributed by atoms with E-state index in [0.29, 0.717) is 21.7 Å². The summed E-state index contributed by atoms with van der Waals surface area (Å²) in [7, 11) is 0. The molecule has 19 heavy (non-hydrogen) atoms. The Bertz CT molecular complexity index is 597. The van der Waals surface area contributed by atoms with E-state index in [1.807, 2.05) is 0 Å². The number of hydrogen-bond donors (Lipinski definition) is 1. The Morgan fingerprint density at radius 3 is 2.37 bits per heavy atom. The molecule has 0 unspecified atom stereocenters. The maximum absolute atomic E-state index is 5.91. The van der Waals surface area contributed by atoms with Crippen molar-refractivity contribution in [1.82, 2.24) is 9.97 Å². The zero-order valence-corrected chi connectivity index (χ0v) is 13.0. The molecule has 8 heteroatoms. The zero-order chi connectivity index (χ0) is 14.0. The number of hydrogen-bond acceptors (Lipinski definition) is 3. The normalized spacial score (nSPS) is 11.4. The monoisotopic (exact) mass is 355 g/mol. The van der Waals surface area contributed by atoms with Gasteiger partial charge in [-0.05, 0) is 24.3 Å². The fraction of sp³-hybridized carbons (Fsp3) is 0.0909. The fourth-order valence-electron chi connectivity index (χ4n) is 1.28. The third kappa shape index (κ3) is 4.01. The van der Waals surface area contributed by atoms with Gasteiger partial charge in [-0.25, -0.2) is 9.97 Å². The summed E-state index contributed by atoms with van der Waals surface area (Å²) in [5, 5.41) is 3.83. The maximum atomic E-state index is 5.91. The van der Waals surface area contributed by atoms with Crippen molar-refractivity contribution in [3.63, 3.8) is 0 Å². The average molecular weight is 357 g/mol. The van der Waals surface area contributed by atoms with E-state index < -0.39 is 3.79 Å². The number of benzene rings is 1. The Morgan fingerprint density at radius 2 is 1.74 bits per heavy atom. The van der Waals surface area contributed by atoms with Gasteiger partial charge in [-0.15, -0.1) is 0 Å². The fourth-order valence-corrected chi connectivity index (χ4v) is 1.89. The molecular formula is C11H6Cl5N3. The second-order valence-electron chi connectivity index (χ2n) is 3.52. The first-order valence-corrected chi connectivity index (χ1v) is 6.87. The Balaban J connectivity index is 2.26. The van der Waals surface area contributed by atoms with Gasteiger partial charge < -0.3 is 5.32 Å². The van der Waals surface area contributed by atoms with E-state index in [1.54, 1.807) is 18.2 Å². The van der Waals surface area contributed by atoms with Crippen molar-refractivity contribution in [1.29, 1.82) is 0 Å². The first-order valence-electron chi connectivity index (χ1n) is 4.98. The largest absolute Gasteiger partial charge is 0.324 e. The molecule has 0 aliphatic heterocycles. The van der Waals surface area contributed by atoms with Crippen LogP contribution in [0.5, 0.6) is 0 Å². The van der Waals surface area contributed by atoms with Crippen LogP contribution in [0.4, 0.5) is 11.6 Å². The minimum Gasteiger partial charge on any atom is -0.324 e. The summed E-state index contributed by atoms with van der Waals surface area (Å²) in [6.07, 6.45) is 1.49. The van der Waals surface area contributed by atoms with E-state index in [-0.39, 0.29) is 5.69 Å². The van der Waals surface area contributed by atoms with Crippen LogP contribution in [0.25, 0.3) is 0 Å². The van der Waals surface area contributed by atoms with Crippen molar-refractivity contribution < 1.29 is 0 Å². The highest BCUT2D eigenvalue weighted by Crippen LogP contribution is 2.37. The van der Waals surface area contributed by atoms with Crippen LogP contribution in [-0.4, -0.2) is 9.97 Å². The molecule has 0 saturated carbocycles. The molecule has 100 valence electrons. The van der Waals surface area contributed by atoms with Gasteiger partial charge in [0.25, 0.3) is 0 Å². The van der Waals surface area contributed by atoms with E-state index in [1.165, 1.54) is 12.3 Å². The number of nitrogens with one attached hydrogen (secondary N) is 1. The number of halogens is 5. The zero-order valence-electron chi connectivity index (χ0n) is 9.17. The first-order chi connectivity index (χ1) is 8.86. The topological polar surface area (TPSA) is 37.8 Å². The molecule has 2 aromatic rings. The van der Waals surface area contributed by atoms with Gasteiger partial charge in [-0.2, -0.15) is 0 Å². The van der Waals surface area contributed by atoms with Gasteiger partial charge in [0.15, 0.2) is 0 Å². The molecule has 0 spiro atoms. The first kappa shape index (κ1) is 14.9. The lowest BCUT2D eigenvalue weighted by molar-refractivity contribution is 1.04. The maximum Gasteiger partial charge on any atom is 0.232 e. The van der Waals surface area contributed by atoms with Gasteiger partial charge in [-0.3, -0.25) is 0 Å². The third-order valence-electron chi connectivity index (χ3n) is 2.12. The van der Waals surface area contributed by atoms with Crippen molar-refractivity contribution >= 4 is 69.6 Å². The molecule has 0 amide bonds. The Labute approximate surface area is 134 Å². The highest BCUT2D eigenvalue weighted by molar-refractivity contribution is 6.66. The van der Waals surface area contributed by atoms with Gasteiger partial charge in [0, 0.05) is 11.9 Å². The van der Waals surface area contributed by atoms with E-state index in [2.05, 4.69) is 15.3 Å². The number of alkyl halides is 3. The lowest BCUT2D eigenvalue weighted by atomic mass is 10.3. The van der Waals surface area contributed by atoms with Crippen molar-refractivity contribution in [2.45, 2.75) is 3.79 Å². The van der Waals surface area contributed by atoms with Gasteiger partial charge >= 0.3 is 0 Å². The smallest absolute Gasteiger partial charge is 0.232 e. The summed E-state index contributed by atoms with van der Waals surface area (Å²) in [5.74, 6) is 0.294. The number of nitrogens with zero attached hydrogens (tertiary/aromatic N) is 2. The standard InChI is InChI=1S/C11H6Cl5N3/c12-7-2-1-6(5-8(7)13)18-10-17-4-3-9(19-10)11(14,15)16/h1-5H,(H,17,18,19). The molecule has 3 nitrogen and oxygen atoms in total. The predicted molar refractivity (Wildman–Crippen MR) is 81.0 cm³/mol. The Hall–Kier alpha value is -0.450. The molecular weight excluding hydrogens is 351 g/mol. The molecule has 0 bridgehead atoms. The van der Waals surface area contributed by atoms with Crippen LogP contribution < -0.4 is 5.32 Å². The Kier molecular flexibility index (Phi) is 4.64. The number of aromatic nitrogens is 2. The molecule has 1 aromatic heterocycles. The second kappa shape index (κ2) is 5.90. The van der Waals surface area contributed by atoms with Crippen LogP contribution in [0.3, 0.4) is 0 Å². The van der Waals surface area contributed by atoms with Crippen molar-refractivity contribution in [2.75, 3.05) is 5.32 Å². The van der Waals surface area contributed by atoms with E-state index >= 15 is 0 Å². The lowest BCUT2D eigenvalue weighted by Gasteiger charge is -2.11. The van der Waals surface area contributed by atoms with E-state index in [0.717, 1.165) is 0 Å². The highest BCUT2D eigenvalue weighted by Gasteiger charge is 2.25. The molecule has 1 heterocycles. The number of rotatable bonds is 2. The molecule has 0 radical (unpaired) electrons. The van der Waals surface area contributed by atoms with Gasteiger partial charge in [0.1, 0.15) is 0 Å². The molecule has 0 aliphatic carbocycles. The van der Waals surface area contributed by atoms with Crippen molar-refractivity contribution in [3.8, 4) is 0 Å². The second-order valence-corrected chi connectivity index (χ2v) is 6.61. The highest BCUT2D eigenvalue weighted by atomic mass is 35.6. The lowest BCUT2D eigenvalue weighted by Crippen LogP contribution is -2.06. The molecule has 2 rings (SSSR count). The molecule has 0 aliphatic rings. The van der Waals surface area contributed by atoms with E-state index in [4.69, 9.17) is 58.0 Å².